The molecule has 7 heteroatoms. The second-order valence-corrected chi connectivity index (χ2v) is 7.40. The lowest BCUT2D eigenvalue weighted by Crippen LogP contribution is -2.13. The largest absolute Gasteiger partial charge is 0.507 e. The Morgan fingerprint density at radius 2 is 1.56 bits per heavy atom. The molecule has 0 heterocycles. The van der Waals surface area contributed by atoms with Crippen LogP contribution in [0.2, 0.25) is 0 Å². The van der Waals surface area contributed by atoms with Gasteiger partial charge in [0.05, 0.1) is 17.7 Å². The monoisotopic (exact) mass is 383 g/mol. The summed E-state index contributed by atoms with van der Waals surface area (Å²) in [5, 5.41) is 9.89. The number of sulfonamides is 1. The Labute approximate surface area is 157 Å². The van der Waals surface area contributed by atoms with Crippen LogP contribution < -0.4 is 4.72 Å². The van der Waals surface area contributed by atoms with E-state index in [9.17, 15) is 18.3 Å². The first-order valence-corrected chi connectivity index (χ1v) is 9.48. The Morgan fingerprint density at radius 3 is 2.15 bits per heavy atom. The predicted octanol–water partition coefficient (Wildman–Crippen LogP) is 3.65. The highest BCUT2D eigenvalue weighted by Crippen LogP contribution is 2.26. The summed E-state index contributed by atoms with van der Waals surface area (Å²) in [5.41, 5.74) is 1.97. The van der Waals surface area contributed by atoms with Crippen molar-refractivity contribution in [3.63, 3.8) is 0 Å². The van der Waals surface area contributed by atoms with Gasteiger partial charge >= 0.3 is 5.97 Å². The van der Waals surface area contributed by atoms with E-state index in [1.165, 1.54) is 31.4 Å². The maximum absolute atomic E-state index is 12.6. The van der Waals surface area contributed by atoms with Gasteiger partial charge in [-0.2, -0.15) is 0 Å². The molecule has 3 aromatic rings. The Hall–Kier alpha value is -3.32. The molecule has 0 aliphatic rings. The lowest BCUT2D eigenvalue weighted by atomic mass is 10.1. The third-order valence-electron chi connectivity index (χ3n) is 3.93. The summed E-state index contributed by atoms with van der Waals surface area (Å²) in [6, 6.07) is 19.9. The van der Waals surface area contributed by atoms with Crippen LogP contribution in [0.15, 0.2) is 77.7 Å². The van der Waals surface area contributed by atoms with E-state index in [0.717, 1.165) is 17.2 Å². The molecule has 0 bridgehead atoms. The molecule has 3 rings (SSSR count). The molecule has 0 amide bonds. The number of phenols is 1. The van der Waals surface area contributed by atoms with Gasteiger partial charge in [0.1, 0.15) is 11.3 Å². The molecule has 27 heavy (non-hydrogen) atoms. The lowest BCUT2D eigenvalue weighted by molar-refractivity contribution is 0.0597. The first-order chi connectivity index (χ1) is 12.9. The molecule has 0 saturated heterocycles. The van der Waals surface area contributed by atoms with Crippen LogP contribution >= 0.6 is 0 Å². The fraction of sp³-hybridized carbons (Fsp3) is 0.0500. The van der Waals surface area contributed by atoms with Crippen molar-refractivity contribution in [1.29, 1.82) is 0 Å². The zero-order valence-corrected chi connectivity index (χ0v) is 15.2. The smallest absolute Gasteiger partial charge is 0.341 e. The van der Waals surface area contributed by atoms with Crippen molar-refractivity contribution in [1.82, 2.24) is 0 Å². The Morgan fingerprint density at radius 1 is 0.926 bits per heavy atom. The number of nitrogens with one attached hydrogen (secondary N) is 1. The third-order valence-corrected chi connectivity index (χ3v) is 5.32. The molecule has 0 unspecified atom stereocenters. The number of hydrogen-bond donors (Lipinski definition) is 2. The predicted molar refractivity (Wildman–Crippen MR) is 102 cm³/mol. The Balaban J connectivity index is 1.83. The van der Waals surface area contributed by atoms with Crippen molar-refractivity contribution < 1.29 is 23.1 Å². The zero-order chi connectivity index (χ0) is 19.4. The quantitative estimate of drug-likeness (QED) is 0.656. The fourth-order valence-electron chi connectivity index (χ4n) is 2.55. The number of methoxy groups -OCH3 is 1. The second kappa shape index (κ2) is 7.51. The molecule has 2 N–H and O–H groups in total. The third kappa shape index (κ3) is 4.09. The van der Waals surface area contributed by atoms with Crippen molar-refractivity contribution >= 4 is 21.7 Å². The van der Waals surface area contributed by atoms with Crippen molar-refractivity contribution in [3.05, 3.63) is 78.4 Å². The van der Waals surface area contributed by atoms with Crippen LogP contribution in [0.5, 0.6) is 5.75 Å². The average molecular weight is 383 g/mol. The molecular weight excluding hydrogens is 366 g/mol. The van der Waals surface area contributed by atoms with Gasteiger partial charge in [-0.25, -0.2) is 13.2 Å². The highest BCUT2D eigenvalue weighted by Gasteiger charge is 2.17. The van der Waals surface area contributed by atoms with Crippen molar-refractivity contribution in [2.24, 2.45) is 0 Å². The van der Waals surface area contributed by atoms with Gasteiger partial charge in [-0.15, -0.1) is 0 Å². The number of hydrogen-bond acceptors (Lipinski definition) is 5. The van der Waals surface area contributed by atoms with Crippen LogP contribution in [0, 0.1) is 0 Å². The van der Waals surface area contributed by atoms with Crippen LogP contribution in [0.25, 0.3) is 11.1 Å². The number of phenolic OH excluding ortho intramolecular Hbond substituents is 1. The molecular formula is C20H17NO5S. The van der Waals surface area contributed by atoms with Crippen molar-refractivity contribution in [3.8, 4) is 16.9 Å². The van der Waals surface area contributed by atoms with Gasteiger partial charge in [0.15, 0.2) is 0 Å². The van der Waals surface area contributed by atoms with Gasteiger partial charge in [-0.1, -0.05) is 42.5 Å². The Kier molecular flexibility index (Phi) is 5.14. The van der Waals surface area contributed by atoms with E-state index < -0.39 is 16.0 Å². The van der Waals surface area contributed by atoms with Crippen molar-refractivity contribution in [2.45, 2.75) is 4.90 Å². The number of carbonyl (C=O) groups excluding carboxylic acids is 1. The number of aromatic hydroxyl groups is 1. The highest BCUT2D eigenvalue weighted by atomic mass is 32.2. The maximum atomic E-state index is 12.6. The summed E-state index contributed by atoms with van der Waals surface area (Å²) in [7, 11) is -2.65. The summed E-state index contributed by atoms with van der Waals surface area (Å²) in [4.78, 5) is 11.6. The topological polar surface area (TPSA) is 92.7 Å². The number of anilines is 1. The minimum Gasteiger partial charge on any atom is -0.507 e. The molecule has 138 valence electrons. The number of esters is 1. The summed E-state index contributed by atoms with van der Waals surface area (Å²) in [6.07, 6.45) is 0. The molecule has 0 saturated carbocycles. The summed E-state index contributed by atoms with van der Waals surface area (Å²) in [6.45, 7) is 0. The first kappa shape index (κ1) is 18.5. The average Bonchev–Trinajstić information content (AvgIpc) is 2.68. The van der Waals surface area contributed by atoms with Gasteiger partial charge in [0.2, 0.25) is 0 Å². The molecule has 0 radical (unpaired) electrons. The van der Waals surface area contributed by atoms with Gasteiger partial charge in [0, 0.05) is 6.07 Å². The van der Waals surface area contributed by atoms with Gasteiger partial charge in [0.25, 0.3) is 10.0 Å². The van der Waals surface area contributed by atoms with Crippen LogP contribution in [-0.2, 0) is 14.8 Å². The van der Waals surface area contributed by atoms with Gasteiger partial charge in [-0.3, -0.25) is 4.72 Å². The minimum atomic E-state index is -3.84. The van der Waals surface area contributed by atoms with E-state index in [0.29, 0.717) is 0 Å². The van der Waals surface area contributed by atoms with E-state index in [-0.39, 0.29) is 21.9 Å². The van der Waals surface area contributed by atoms with Crippen LogP contribution in [0.4, 0.5) is 5.69 Å². The number of benzene rings is 3. The van der Waals surface area contributed by atoms with Crippen LogP contribution in [0.3, 0.4) is 0 Å². The molecule has 0 atom stereocenters. The molecule has 6 nitrogen and oxygen atoms in total. The molecule has 0 aliphatic carbocycles. The summed E-state index contributed by atoms with van der Waals surface area (Å²) < 4.78 is 32.0. The fourth-order valence-corrected chi connectivity index (χ4v) is 3.60. The molecule has 0 aliphatic heterocycles. The van der Waals surface area contributed by atoms with Gasteiger partial charge < -0.3 is 9.84 Å². The lowest BCUT2D eigenvalue weighted by Gasteiger charge is -2.10. The number of rotatable bonds is 5. The van der Waals surface area contributed by atoms with E-state index in [1.54, 1.807) is 12.1 Å². The molecule has 0 spiro atoms. The Bertz CT molecular complexity index is 1060. The SMILES string of the molecule is COC(=O)c1ccc(NS(=O)(=O)c2ccc(-c3ccccc3)cc2)cc1O. The summed E-state index contributed by atoms with van der Waals surface area (Å²) in [5.74, 6) is -1.08. The highest BCUT2D eigenvalue weighted by molar-refractivity contribution is 7.92. The van der Waals surface area contributed by atoms with Gasteiger partial charge in [-0.05, 0) is 35.4 Å². The maximum Gasteiger partial charge on any atom is 0.341 e. The molecule has 0 aromatic heterocycles. The van der Waals surface area contributed by atoms with E-state index >= 15 is 0 Å². The normalized spacial score (nSPS) is 11.0. The summed E-state index contributed by atoms with van der Waals surface area (Å²) >= 11 is 0. The number of carbonyl (C=O) groups is 1. The molecule has 3 aromatic carbocycles. The molecule has 0 fully saturated rings. The van der Waals surface area contributed by atoms with E-state index in [4.69, 9.17) is 0 Å². The zero-order valence-electron chi connectivity index (χ0n) is 14.4. The van der Waals surface area contributed by atoms with Crippen LogP contribution in [0.1, 0.15) is 10.4 Å². The standard InChI is InChI=1S/C20H17NO5S/c1-26-20(23)18-12-9-16(13-19(18)22)21-27(24,25)17-10-7-15(8-11-17)14-5-3-2-4-6-14/h2-13,21-22H,1H3. The van der Waals surface area contributed by atoms with Crippen molar-refractivity contribution in [2.75, 3.05) is 11.8 Å². The van der Waals surface area contributed by atoms with Crippen LogP contribution in [-0.4, -0.2) is 26.6 Å². The first-order valence-electron chi connectivity index (χ1n) is 8.00. The van der Waals surface area contributed by atoms with E-state index in [1.807, 2.05) is 30.3 Å². The number of ether oxygens (including phenoxy) is 1. The second-order valence-electron chi connectivity index (χ2n) is 5.72. The minimum absolute atomic E-state index is 0.0485. The van der Waals surface area contributed by atoms with E-state index in [2.05, 4.69) is 9.46 Å².